The Morgan fingerprint density at radius 1 is 1.11 bits per heavy atom. The molecule has 2 saturated carbocycles. The number of aromatic nitrogens is 2. The molecule has 2 aliphatic carbocycles. The Bertz CT molecular complexity index is 1240. The second-order valence-corrected chi connectivity index (χ2v) is 11.7. The molecule has 3 heterocycles. The Hall–Kier alpha value is -2.64. The van der Waals surface area contributed by atoms with Gasteiger partial charge in [0.1, 0.15) is 0 Å². The van der Waals surface area contributed by atoms with E-state index in [1.165, 1.54) is 42.7 Å². The van der Waals surface area contributed by atoms with Gasteiger partial charge in [-0.2, -0.15) is 0 Å². The zero-order chi connectivity index (χ0) is 24.3. The summed E-state index contributed by atoms with van der Waals surface area (Å²) in [6, 6.07) is 9.46. The van der Waals surface area contributed by atoms with E-state index in [0.29, 0.717) is 11.5 Å². The fourth-order valence-corrected chi connectivity index (χ4v) is 6.39. The fourth-order valence-electron chi connectivity index (χ4n) is 5.48. The van der Waals surface area contributed by atoms with Gasteiger partial charge in [0.25, 0.3) is 11.1 Å². The standard InChI is InChI=1S/C29H34N4O2S/c34-28(24-3-1-5-25-23(24)4-2-14-30-25)31-17-21-8-6-20(7-9-21)12-15-33-16-13-27-26(18-33)32-29(36-27)35-19-22-10-11-22/h1-5,14,17,20-22H,6-13,15-16,18-19H2. The van der Waals surface area contributed by atoms with Crippen molar-refractivity contribution in [1.82, 2.24) is 14.9 Å². The third-order valence-corrected chi connectivity index (χ3v) is 9.02. The molecule has 3 aliphatic rings. The van der Waals surface area contributed by atoms with Crippen molar-refractivity contribution in [2.24, 2.45) is 22.7 Å². The van der Waals surface area contributed by atoms with E-state index < -0.39 is 0 Å². The van der Waals surface area contributed by atoms with E-state index in [2.05, 4.69) is 14.9 Å². The Morgan fingerprint density at radius 3 is 2.83 bits per heavy atom. The topological polar surface area (TPSA) is 67.7 Å². The number of thiazole rings is 1. The number of hydrogen-bond donors (Lipinski definition) is 0. The number of ether oxygens (including phenoxy) is 1. The number of hydrogen-bond acceptors (Lipinski definition) is 6. The summed E-state index contributed by atoms with van der Waals surface area (Å²) in [5.74, 6) is 1.78. The number of aliphatic imine (C=N–C) groups is 1. The van der Waals surface area contributed by atoms with Crippen LogP contribution >= 0.6 is 11.3 Å². The van der Waals surface area contributed by atoms with Gasteiger partial charge in [-0.15, -0.1) is 0 Å². The van der Waals surface area contributed by atoms with E-state index in [9.17, 15) is 4.79 Å². The second kappa shape index (κ2) is 10.8. The number of carbonyl (C=O) groups is 1. The first-order valence-corrected chi connectivity index (χ1v) is 14.3. The lowest BCUT2D eigenvalue weighted by Crippen LogP contribution is -2.32. The van der Waals surface area contributed by atoms with E-state index >= 15 is 0 Å². The summed E-state index contributed by atoms with van der Waals surface area (Å²) in [6.07, 6.45) is 13.3. The summed E-state index contributed by atoms with van der Waals surface area (Å²) >= 11 is 1.76. The molecule has 0 unspecified atom stereocenters. The maximum atomic E-state index is 12.8. The van der Waals surface area contributed by atoms with Crippen LogP contribution in [0.3, 0.4) is 0 Å². The van der Waals surface area contributed by atoms with Crippen molar-refractivity contribution in [2.45, 2.75) is 57.9 Å². The second-order valence-electron chi connectivity index (χ2n) is 10.7. The summed E-state index contributed by atoms with van der Waals surface area (Å²) < 4.78 is 5.92. The number of nitrogens with zero attached hydrogens (tertiary/aromatic N) is 4. The Labute approximate surface area is 216 Å². The molecule has 0 radical (unpaired) electrons. The van der Waals surface area contributed by atoms with Crippen LogP contribution in [0.5, 0.6) is 5.19 Å². The van der Waals surface area contributed by atoms with Crippen molar-refractivity contribution in [3.63, 3.8) is 0 Å². The van der Waals surface area contributed by atoms with Crippen molar-refractivity contribution in [3.05, 3.63) is 52.7 Å². The Balaban J connectivity index is 0.948. The van der Waals surface area contributed by atoms with Crippen LogP contribution in [0.1, 0.15) is 65.9 Å². The molecule has 0 bridgehead atoms. The van der Waals surface area contributed by atoms with E-state index in [4.69, 9.17) is 9.72 Å². The van der Waals surface area contributed by atoms with E-state index in [1.807, 2.05) is 36.5 Å². The van der Waals surface area contributed by atoms with Crippen LogP contribution in [0.4, 0.5) is 0 Å². The summed E-state index contributed by atoms with van der Waals surface area (Å²) in [6.45, 7) is 4.09. The monoisotopic (exact) mass is 502 g/mol. The number of benzene rings is 1. The van der Waals surface area contributed by atoms with Crippen molar-refractivity contribution < 1.29 is 9.53 Å². The molecule has 6 rings (SSSR count). The summed E-state index contributed by atoms with van der Waals surface area (Å²) in [4.78, 5) is 30.2. The first-order valence-electron chi connectivity index (χ1n) is 13.5. The number of fused-ring (bicyclic) bond motifs is 2. The van der Waals surface area contributed by atoms with Crippen LogP contribution in [0.2, 0.25) is 0 Å². The normalized spacial score (nSPS) is 22.7. The predicted molar refractivity (Wildman–Crippen MR) is 144 cm³/mol. The molecule has 0 N–H and O–H groups in total. The summed E-state index contributed by atoms with van der Waals surface area (Å²) in [5, 5.41) is 1.75. The van der Waals surface area contributed by atoms with Crippen molar-refractivity contribution in [2.75, 3.05) is 19.7 Å². The average molecular weight is 503 g/mol. The number of amides is 1. The van der Waals surface area contributed by atoms with Crippen LogP contribution in [-0.2, 0) is 13.0 Å². The van der Waals surface area contributed by atoms with Crippen LogP contribution in [0.25, 0.3) is 10.9 Å². The highest BCUT2D eigenvalue weighted by molar-refractivity contribution is 7.13. The molecule has 36 heavy (non-hydrogen) atoms. The summed E-state index contributed by atoms with van der Waals surface area (Å²) in [7, 11) is 0. The molecular weight excluding hydrogens is 468 g/mol. The van der Waals surface area contributed by atoms with Gasteiger partial charge in [-0.3, -0.25) is 14.7 Å². The van der Waals surface area contributed by atoms with Crippen molar-refractivity contribution >= 4 is 34.4 Å². The summed E-state index contributed by atoms with van der Waals surface area (Å²) in [5.41, 5.74) is 2.71. The predicted octanol–water partition coefficient (Wildman–Crippen LogP) is 5.95. The minimum absolute atomic E-state index is 0.164. The van der Waals surface area contributed by atoms with E-state index in [-0.39, 0.29) is 5.91 Å². The van der Waals surface area contributed by atoms with Crippen molar-refractivity contribution in [3.8, 4) is 5.19 Å². The zero-order valence-corrected chi connectivity index (χ0v) is 21.6. The van der Waals surface area contributed by atoms with Crippen molar-refractivity contribution in [1.29, 1.82) is 0 Å². The quantitative estimate of drug-likeness (QED) is 0.356. The largest absolute Gasteiger partial charge is 0.470 e. The van der Waals surface area contributed by atoms with Crippen LogP contribution in [-0.4, -0.2) is 46.7 Å². The molecule has 0 saturated heterocycles. The molecule has 1 aliphatic heterocycles. The zero-order valence-electron chi connectivity index (χ0n) is 20.8. The molecule has 1 amide bonds. The smallest absolute Gasteiger partial charge is 0.277 e. The highest BCUT2D eigenvalue weighted by atomic mass is 32.1. The van der Waals surface area contributed by atoms with Crippen LogP contribution in [0.15, 0.2) is 41.5 Å². The van der Waals surface area contributed by atoms with Gasteiger partial charge in [-0.1, -0.05) is 23.5 Å². The molecule has 1 aromatic carbocycles. The van der Waals surface area contributed by atoms with Gasteiger partial charge in [0, 0.05) is 35.8 Å². The van der Waals surface area contributed by atoms with Gasteiger partial charge in [0.2, 0.25) is 0 Å². The minimum atomic E-state index is -0.164. The van der Waals surface area contributed by atoms with Gasteiger partial charge in [0.15, 0.2) is 0 Å². The molecule has 0 spiro atoms. The SMILES string of the molecule is O=C(N=CC1CCC(CCN2CCc3sc(OCC4CC4)nc3C2)CC1)c1cccc2ncccc12. The van der Waals surface area contributed by atoms with Gasteiger partial charge >= 0.3 is 0 Å². The molecule has 2 fully saturated rings. The maximum Gasteiger partial charge on any atom is 0.277 e. The molecule has 2 aromatic heterocycles. The molecular formula is C29H34N4O2S. The van der Waals surface area contributed by atoms with E-state index in [0.717, 1.165) is 73.4 Å². The molecule has 0 atom stereocenters. The van der Waals surface area contributed by atoms with Crippen LogP contribution in [0, 0.1) is 17.8 Å². The molecule has 6 nitrogen and oxygen atoms in total. The van der Waals surface area contributed by atoms with E-state index in [1.54, 1.807) is 17.5 Å². The number of pyridine rings is 1. The maximum absolute atomic E-state index is 12.8. The highest BCUT2D eigenvalue weighted by Crippen LogP contribution is 2.34. The molecule has 188 valence electrons. The van der Waals surface area contributed by atoms with Gasteiger partial charge < -0.3 is 4.74 Å². The van der Waals surface area contributed by atoms with Gasteiger partial charge in [-0.05, 0) is 93.9 Å². The average Bonchev–Trinajstić information content (AvgIpc) is 3.67. The lowest BCUT2D eigenvalue weighted by Gasteiger charge is -2.30. The lowest BCUT2D eigenvalue weighted by atomic mass is 9.81. The Morgan fingerprint density at radius 2 is 1.97 bits per heavy atom. The first-order chi connectivity index (χ1) is 17.7. The van der Waals surface area contributed by atoms with Gasteiger partial charge in [0.05, 0.1) is 23.4 Å². The first kappa shape index (κ1) is 23.7. The van der Waals surface area contributed by atoms with Crippen LogP contribution < -0.4 is 4.74 Å². The fraction of sp³-hybridized carbons (Fsp3) is 0.517. The highest BCUT2D eigenvalue weighted by Gasteiger charge is 2.26. The third kappa shape index (κ3) is 5.68. The lowest BCUT2D eigenvalue weighted by molar-refractivity contribution is 0.100. The minimum Gasteiger partial charge on any atom is -0.470 e. The van der Waals surface area contributed by atoms with Gasteiger partial charge in [-0.25, -0.2) is 9.98 Å². The number of rotatable bonds is 8. The third-order valence-electron chi connectivity index (χ3n) is 7.95. The molecule has 3 aromatic rings. The Kier molecular flexibility index (Phi) is 7.10. The number of carbonyl (C=O) groups excluding carboxylic acids is 1. The molecule has 7 heteroatoms.